The van der Waals surface area contributed by atoms with Crippen LogP contribution in [0.1, 0.15) is 31.9 Å². The second kappa shape index (κ2) is 9.20. The minimum absolute atomic E-state index is 0.153. The summed E-state index contributed by atoms with van der Waals surface area (Å²) in [6.45, 7) is 7.89. The molecule has 0 bridgehead atoms. The molecule has 2 aromatic carbocycles. The molecule has 1 atom stereocenters. The van der Waals surface area contributed by atoms with E-state index in [9.17, 15) is 13.2 Å². The summed E-state index contributed by atoms with van der Waals surface area (Å²) < 4.78 is 35.4. The average Bonchev–Trinajstić information content (AvgIpc) is 3.25. The summed E-state index contributed by atoms with van der Waals surface area (Å²) in [4.78, 5) is 13.2. The number of rotatable bonds is 5. The molecular weight excluding hydrogens is 492 g/mol. The molecule has 1 N–H and O–H groups in total. The molecule has 0 radical (unpaired) electrons. The van der Waals surface area contributed by atoms with Crippen LogP contribution in [0.5, 0.6) is 5.75 Å². The number of hydrogen-bond acceptors (Lipinski definition) is 8. The highest BCUT2D eigenvalue weighted by atomic mass is 32.2. The van der Waals surface area contributed by atoms with E-state index in [2.05, 4.69) is 36.3 Å². The second-order valence-electron chi connectivity index (χ2n) is 8.95. The van der Waals surface area contributed by atoms with Crippen LogP contribution >= 0.6 is 23.1 Å². The topological polar surface area (TPSA) is 101 Å². The summed E-state index contributed by atoms with van der Waals surface area (Å²) in [5.41, 5.74) is 2.13. The number of aromatic nitrogens is 2. The molecule has 2 heterocycles. The fourth-order valence-electron chi connectivity index (χ4n) is 3.45. The van der Waals surface area contributed by atoms with Gasteiger partial charge < -0.3 is 4.74 Å². The molecule has 11 heteroatoms. The maximum Gasteiger partial charge on any atom is 0.269 e. The normalized spacial score (nSPS) is 16.0. The minimum atomic E-state index is -3.95. The van der Waals surface area contributed by atoms with Gasteiger partial charge in [-0.25, -0.2) is 8.42 Å². The number of aryl methyl sites for hydroxylation is 1. The number of hydrogen-bond donors (Lipinski definition) is 1. The van der Waals surface area contributed by atoms with Crippen LogP contribution in [0, 0.1) is 6.92 Å². The maximum atomic E-state index is 13.7. The van der Waals surface area contributed by atoms with E-state index in [1.54, 1.807) is 30.3 Å². The van der Waals surface area contributed by atoms with Gasteiger partial charge in [-0.3, -0.25) is 14.4 Å². The molecule has 180 valence electrons. The third-order valence-corrected chi connectivity index (χ3v) is 9.02. The second-order valence-corrected chi connectivity index (χ2v) is 12.8. The molecule has 3 aromatic rings. The van der Waals surface area contributed by atoms with Crippen LogP contribution in [-0.2, 0) is 20.2 Å². The zero-order valence-electron chi connectivity index (χ0n) is 19.5. The number of anilines is 2. The van der Waals surface area contributed by atoms with Crippen LogP contribution in [-0.4, -0.2) is 43.4 Å². The first-order valence-corrected chi connectivity index (χ1v) is 14.1. The summed E-state index contributed by atoms with van der Waals surface area (Å²) in [7, 11) is -3.95. The Morgan fingerprint density at radius 2 is 1.88 bits per heavy atom. The van der Waals surface area contributed by atoms with E-state index in [4.69, 9.17) is 4.74 Å². The lowest BCUT2D eigenvalue weighted by molar-refractivity contribution is -0.122. The van der Waals surface area contributed by atoms with Gasteiger partial charge in [-0.05, 0) is 48.4 Å². The summed E-state index contributed by atoms with van der Waals surface area (Å²) >= 11 is 2.66. The fraction of sp³-hybridized carbons (Fsp3) is 0.348. The number of benzene rings is 2. The van der Waals surface area contributed by atoms with Crippen molar-refractivity contribution in [1.82, 2.24) is 10.2 Å². The Bertz CT molecular complexity index is 1310. The predicted octanol–water partition coefficient (Wildman–Crippen LogP) is 4.46. The average molecular weight is 519 g/mol. The Hall–Kier alpha value is -2.63. The molecule has 1 aliphatic rings. The molecule has 0 saturated heterocycles. The van der Waals surface area contributed by atoms with Crippen molar-refractivity contribution in [3.63, 3.8) is 0 Å². The van der Waals surface area contributed by atoms with Gasteiger partial charge in [-0.15, -0.1) is 10.2 Å². The monoisotopic (exact) mass is 518 g/mol. The SMILES string of the molecule is CSc1nnc(NC(=O)[C@H]2CN(S(=O)(=O)c3ccc(C)cc3)c3cc(C(C)(C)C)ccc3O2)s1. The number of amides is 1. The molecule has 1 aromatic heterocycles. The molecule has 0 aliphatic carbocycles. The number of ether oxygens (including phenoxy) is 1. The molecule has 4 rings (SSSR count). The Kier molecular flexibility index (Phi) is 6.63. The van der Waals surface area contributed by atoms with Crippen LogP contribution in [0.25, 0.3) is 0 Å². The van der Waals surface area contributed by atoms with Crippen molar-refractivity contribution in [3.8, 4) is 5.75 Å². The highest BCUT2D eigenvalue weighted by Gasteiger charge is 2.38. The lowest BCUT2D eigenvalue weighted by Gasteiger charge is -2.35. The molecular formula is C23H26N4O4S3. The van der Waals surface area contributed by atoms with Crippen LogP contribution in [0.2, 0.25) is 0 Å². The number of carbonyl (C=O) groups excluding carboxylic acids is 1. The van der Waals surface area contributed by atoms with Crippen molar-refractivity contribution in [2.45, 2.75) is 48.4 Å². The van der Waals surface area contributed by atoms with Crippen molar-refractivity contribution in [2.75, 3.05) is 22.4 Å². The van der Waals surface area contributed by atoms with Crippen LogP contribution < -0.4 is 14.4 Å². The molecule has 0 spiro atoms. The zero-order chi connectivity index (χ0) is 24.7. The fourth-order valence-corrected chi connectivity index (χ4v) is 6.09. The number of nitrogens with one attached hydrogen (secondary N) is 1. The van der Waals surface area contributed by atoms with Gasteiger partial charge in [0.1, 0.15) is 5.75 Å². The largest absolute Gasteiger partial charge is 0.476 e. The van der Waals surface area contributed by atoms with Crippen molar-refractivity contribution in [3.05, 3.63) is 53.6 Å². The van der Waals surface area contributed by atoms with Crippen molar-refractivity contribution in [1.29, 1.82) is 0 Å². The smallest absolute Gasteiger partial charge is 0.269 e. The van der Waals surface area contributed by atoms with Gasteiger partial charge in [0.25, 0.3) is 15.9 Å². The van der Waals surface area contributed by atoms with Gasteiger partial charge in [0.2, 0.25) is 5.13 Å². The molecule has 1 aliphatic heterocycles. The summed E-state index contributed by atoms with van der Waals surface area (Å²) in [5, 5.41) is 11.0. The zero-order valence-corrected chi connectivity index (χ0v) is 22.0. The number of sulfonamides is 1. The first kappa shape index (κ1) is 24.5. The number of carbonyl (C=O) groups is 1. The molecule has 8 nitrogen and oxygen atoms in total. The Labute approximate surface area is 207 Å². The van der Waals surface area contributed by atoms with Crippen LogP contribution in [0.15, 0.2) is 51.7 Å². The van der Waals surface area contributed by atoms with Gasteiger partial charge in [0.15, 0.2) is 10.4 Å². The van der Waals surface area contributed by atoms with Gasteiger partial charge >= 0.3 is 0 Å². The van der Waals surface area contributed by atoms with Crippen molar-refractivity contribution < 1.29 is 17.9 Å². The molecule has 0 unspecified atom stereocenters. The van der Waals surface area contributed by atoms with Gasteiger partial charge in [-0.1, -0.05) is 67.6 Å². The number of nitrogens with zero attached hydrogens (tertiary/aromatic N) is 3. The van der Waals surface area contributed by atoms with E-state index >= 15 is 0 Å². The van der Waals surface area contributed by atoms with Crippen LogP contribution in [0.4, 0.5) is 10.8 Å². The van der Waals surface area contributed by atoms with E-state index in [0.717, 1.165) is 11.1 Å². The number of fused-ring (bicyclic) bond motifs is 1. The number of thioether (sulfide) groups is 1. The van der Waals surface area contributed by atoms with Crippen molar-refractivity contribution in [2.24, 2.45) is 0 Å². The summed E-state index contributed by atoms with van der Waals surface area (Å²) in [6.07, 6.45) is 0.808. The molecule has 34 heavy (non-hydrogen) atoms. The minimum Gasteiger partial charge on any atom is -0.476 e. The third-order valence-electron chi connectivity index (χ3n) is 5.41. The van der Waals surface area contributed by atoms with E-state index in [1.807, 2.05) is 25.3 Å². The maximum absolute atomic E-state index is 13.7. The lowest BCUT2D eigenvalue weighted by Crippen LogP contribution is -2.49. The van der Waals surface area contributed by atoms with E-state index < -0.39 is 22.0 Å². The van der Waals surface area contributed by atoms with E-state index in [0.29, 0.717) is 20.9 Å². The first-order valence-electron chi connectivity index (χ1n) is 10.6. The summed E-state index contributed by atoms with van der Waals surface area (Å²) in [5.74, 6) is -0.157. The Morgan fingerprint density at radius 1 is 1.18 bits per heavy atom. The quantitative estimate of drug-likeness (QED) is 0.393. The lowest BCUT2D eigenvalue weighted by atomic mass is 9.86. The third kappa shape index (κ3) is 4.91. The highest BCUT2D eigenvalue weighted by Crippen LogP contribution is 2.40. The van der Waals surface area contributed by atoms with Crippen LogP contribution in [0.3, 0.4) is 0 Å². The molecule has 0 saturated carbocycles. The standard InChI is InChI=1S/C23H26N4O4S3/c1-14-6-9-16(10-7-14)34(29,30)27-13-19(20(28)24-21-25-26-22(32-5)33-21)31-18-11-8-15(12-17(18)27)23(2,3)4/h6-12,19H,13H2,1-5H3,(H,24,25,28)/t19-/m1/s1. The highest BCUT2D eigenvalue weighted by molar-refractivity contribution is 8.00. The van der Waals surface area contributed by atoms with Crippen molar-refractivity contribution >= 4 is 49.8 Å². The Balaban J connectivity index is 1.73. The molecule has 0 fully saturated rings. The first-order chi connectivity index (χ1) is 16.0. The van der Waals surface area contributed by atoms with Gasteiger partial charge in [0, 0.05) is 0 Å². The van der Waals surface area contributed by atoms with E-state index in [1.165, 1.54) is 27.4 Å². The Morgan fingerprint density at radius 3 is 2.50 bits per heavy atom. The molecule has 1 amide bonds. The van der Waals surface area contributed by atoms with Gasteiger partial charge in [0.05, 0.1) is 17.1 Å². The summed E-state index contributed by atoms with van der Waals surface area (Å²) in [6, 6.07) is 12.1. The predicted molar refractivity (Wildman–Crippen MR) is 136 cm³/mol. The van der Waals surface area contributed by atoms with E-state index in [-0.39, 0.29) is 16.9 Å². The van der Waals surface area contributed by atoms with Gasteiger partial charge in [-0.2, -0.15) is 0 Å².